The van der Waals surface area contributed by atoms with Crippen molar-refractivity contribution in [2.45, 2.75) is 50.8 Å². The van der Waals surface area contributed by atoms with E-state index in [2.05, 4.69) is 4.90 Å². The van der Waals surface area contributed by atoms with Gasteiger partial charge in [0.25, 0.3) is 5.91 Å². The summed E-state index contributed by atoms with van der Waals surface area (Å²) in [4.78, 5) is 17.2. The minimum atomic E-state index is -0.536. The molecule has 0 saturated carbocycles. The molecule has 6 heteroatoms. The number of hydrogen-bond donors (Lipinski definition) is 1. The van der Waals surface area contributed by atoms with Gasteiger partial charge in [-0.25, -0.2) is 0 Å². The van der Waals surface area contributed by atoms with E-state index in [4.69, 9.17) is 16.3 Å². The van der Waals surface area contributed by atoms with Crippen molar-refractivity contribution in [2.75, 3.05) is 26.2 Å². The molecule has 3 rings (SSSR count). The fourth-order valence-corrected chi connectivity index (χ4v) is 4.14. The van der Waals surface area contributed by atoms with E-state index < -0.39 is 6.10 Å². The summed E-state index contributed by atoms with van der Waals surface area (Å²) in [6, 6.07) is 7.60. The third kappa shape index (κ3) is 4.46. The quantitative estimate of drug-likeness (QED) is 0.840. The smallest absolute Gasteiger partial charge is 0.263 e. The number of carbonyl (C=O) groups is 1. The van der Waals surface area contributed by atoms with Gasteiger partial charge in [-0.05, 0) is 57.4 Å². The van der Waals surface area contributed by atoms with Gasteiger partial charge in [0.05, 0.1) is 6.61 Å². The lowest BCUT2D eigenvalue weighted by Crippen LogP contribution is -2.48. The lowest BCUT2D eigenvalue weighted by Gasteiger charge is -2.32. The maximum absolute atomic E-state index is 12.9. The molecule has 2 fully saturated rings. The Kier molecular flexibility index (Phi) is 6.20. The van der Waals surface area contributed by atoms with Gasteiger partial charge in [0.1, 0.15) is 5.75 Å². The van der Waals surface area contributed by atoms with Gasteiger partial charge in [0, 0.05) is 30.2 Å². The molecule has 2 heterocycles. The summed E-state index contributed by atoms with van der Waals surface area (Å²) in [6.07, 6.45) is 3.68. The Morgan fingerprint density at radius 2 is 2.08 bits per heavy atom. The van der Waals surface area contributed by atoms with Gasteiger partial charge in [-0.15, -0.1) is 0 Å². The number of benzene rings is 1. The maximum Gasteiger partial charge on any atom is 0.263 e. The molecule has 0 aromatic heterocycles. The Hall–Kier alpha value is -1.30. The van der Waals surface area contributed by atoms with E-state index in [1.807, 2.05) is 17.0 Å². The third-order valence-electron chi connectivity index (χ3n) is 5.27. The van der Waals surface area contributed by atoms with Crippen LogP contribution in [0.2, 0.25) is 5.02 Å². The highest BCUT2D eigenvalue weighted by Gasteiger charge is 2.35. The molecule has 0 bridgehead atoms. The topological polar surface area (TPSA) is 53.0 Å². The van der Waals surface area contributed by atoms with Crippen LogP contribution >= 0.6 is 11.6 Å². The molecule has 5 nitrogen and oxygen atoms in total. The average molecular weight is 367 g/mol. The van der Waals surface area contributed by atoms with Gasteiger partial charge in [0.15, 0.2) is 6.10 Å². The fourth-order valence-electron chi connectivity index (χ4n) is 3.96. The molecular formula is C19H27ClN2O3. The van der Waals surface area contributed by atoms with E-state index in [1.165, 1.54) is 0 Å². The van der Waals surface area contributed by atoms with Crippen LogP contribution in [-0.4, -0.2) is 65.2 Å². The molecule has 2 saturated heterocycles. The van der Waals surface area contributed by atoms with Gasteiger partial charge in [0.2, 0.25) is 0 Å². The Labute approximate surface area is 154 Å². The van der Waals surface area contributed by atoms with Crippen LogP contribution < -0.4 is 4.74 Å². The lowest BCUT2D eigenvalue weighted by atomic mass is 10.1. The molecular weight excluding hydrogens is 340 g/mol. The summed E-state index contributed by atoms with van der Waals surface area (Å²) in [6.45, 7) is 4.64. The van der Waals surface area contributed by atoms with Crippen molar-refractivity contribution in [3.63, 3.8) is 0 Å². The van der Waals surface area contributed by atoms with Gasteiger partial charge in [-0.3, -0.25) is 9.69 Å². The van der Waals surface area contributed by atoms with Gasteiger partial charge in [-0.2, -0.15) is 0 Å². The highest BCUT2D eigenvalue weighted by Crippen LogP contribution is 2.25. The second kappa shape index (κ2) is 8.39. The largest absolute Gasteiger partial charge is 0.481 e. The number of carbonyl (C=O) groups excluding carboxylic acids is 1. The molecule has 1 aromatic rings. The highest BCUT2D eigenvalue weighted by atomic mass is 35.5. The first kappa shape index (κ1) is 18.5. The Morgan fingerprint density at radius 3 is 2.84 bits per heavy atom. The number of hydrogen-bond acceptors (Lipinski definition) is 4. The average Bonchev–Trinajstić information content (AvgIpc) is 3.23. The molecule has 2 aliphatic heterocycles. The fraction of sp³-hybridized carbons (Fsp3) is 0.632. The summed E-state index contributed by atoms with van der Waals surface area (Å²) in [5, 5.41) is 10.1. The van der Waals surface area contributed by atoms with Gasteiger partial charge < -0.3 is 14.7 Å². The zero-order chi connectivity index (χ0) is 17.8. The SMILES string of the molecule is C[C@H](Oc1cccc(Cl)c1)C(=O)N1CCC[C@@H]1CN1CCC[C@@H]1CO. The molecule has 2 aliphatic rings. The molecule has 0 spiro atoms. The summed E-state index contributed by atoms with van der Waals surface area (Å²) >= 11 is 5.98. The molecule has 0 aliphatic carbocycles. The molecule has 1 N–H and O–H groups in total. The van der Waals surface area contributed by atoms with E-state index in [0.717, 1.165) is 45.3 Å². The van der Waals surface area contributed by atoms with E-state index in [9.17, 15) is 9.90 Å². The van der Waals surface area contributed by atoms with Gasteiger partial charge >= 0.3 is 0 Å². The zero-order valence-corrected chi connectivity index (χ0v) is 15.5. The first-order chi connectivity index (χ1) is 12.1. The number of likely N-dealkylation sites (tertiary alicyclic amines) is 2. The summed E-state index contributed by atoms with van der Waals surface area (Å²) in [7, 11) is 0. The molecule has 138 valence electrons. The van der Waals surface area contributed by atoms with Crippen LogP contribution in [0.3, 0.4) is 0 Å². The summed E-state index contributed by atoms with van der Waals surface area (Å²) < 4.78 is 5.80. The number of aliphatic hydroxyl groups is 1. The summed E-state index contributed by atoms with van der Waals surface area (Å²) in [5.74, 6) is 0.645. The van der Waals surface area contributed by atoms with Crippen LogP contribution in [0.15, 0.2) is 24.3 Å². The highest BCUT2D eigenvalue weighted by molar-refractivity contribution is 6.30. The van der Waals surface area contributed by atoms with Crippen LogP contribution in [0.25, 0.3) is 0 Å². The predicted molar refractivity (Wildman–Crippen MR) is 98.0 cm³/mol. The molecule has 1 amide bonds. The monoisotopic (exact) mass is 366 g/mol. The number of aliphatic hydroxyl groups excluding tert-OH is 1. The standard InChI is InChI=1S/C19H27ClN2O3/c1-14(25-18-8-2-5-15(20)11-18)19(24)22-10-4-6-16(22)12-21-9-3-7-17(21)13-23/h2,5,8,11,14,16-17,23H,3-4,6-7,9-10,12-13H2,1H3/t14-,16+,17+/m0/s1. The molecule has 3 atom stereocenters. The third-order valence-corrected chi connectivity index (χ3v) is 5.51. The number of rotatable bonds is 6. The van der Waals surface area contributed by atoms with Crippen LogP contribution in [-0.2, 0) is 4.79 Å². The number of nitrogens with zero attached hydrogens (tertiary/aromatic N) is 2. The van der Waals surface area contributed by atoms with Crippen molar-refractivity contribution < 1.29 is 14.6 Å². The van der Waals surface area contributed by atoms with E-state index in [1.54, 1.807) is 19.1 Å². The Bertz CT molecular complexity index is 598. The molecule has 0 radical (unpaired) electrons. The van der Waals surface area contributed by atoms with Crippen molar-refractivity contribution in [3.8, 4) is 5.75 Å². The minimum Gasteiger partial charge on any atom is -0.481 e. The first-order valence-electron chi connectivity index (χ1n) is 9.16. The van der Waals surface area contributed by atoms with Crippen LogP contribution in [0.4, 0.5) is 0 Å². The zero-order valence-electron chi connectivity index (χ0n) is 14.7. The maximum atomic E-state index is 12.9. The summed E-state index contributed by atoms with van der Waals surface area (Å²) in [5.41, 5.74) is 0. The van der Waals surface area contributed by atoms with Crippen molar-refractivity contribution in [3.05, 3.63) is 29.3 Å². The van der Waals surface area contributed by atoms with Crippen molar-refractivity contribution in [1.29, 1.82) is 0 Å². The molecule has 1 aromatic carbocycles. The van der Waals surface area contributed by atoms with Crippen molar-refractivity contribution in [2.24, 2.45) is 0 Å². The van der Waals surface area contributed by atoms with E-state index in [0.29, 0.717) is 10.8 Å². The molecule has 0 unspecified atom stereocenters. The predicted octanol–water partition coefficient (Wildman–Crippen LogP) is 2.56. The first-order valence-corrected chi connectivity index (χ1v) is 9.54. The van der Waals surface area contributed by atoms with E-state index >= 15 is 0 Å². The lowest BCUT2D eigenvalue weighted by molar-refractivity contribution is -0.139. The Morgan fingerprint density at radius 1 is 1.32 bits per heavy atom. The van der Waals surface area contributed by atoms with Crippen molar-refractivity contribution in [1.82, 2.24) is 9.80 Å². The molecule has 25 heavy (non-hydrogen) atoms. The number of ether oxygens (including phenoxy) is 1. The van der Waals surface area contributed by atoms with Gasteiger partial charge in [-0.1, -0.05) is 17.7 Å². The van der Waals surface area contributed by atoms with Crippen LogP contribution in [0, 0.1) is 0 Å². The number of halogens is 1. The van der Waals surface area contributed by atoms with Crippen LogP contribution in [0.5, 0.6) is 5.75 Å². The normalized spacial score (nSPS) is 25.3. The number of amides is 1. The Balaban J connectivity index is 1.60. The minimum absolute atomic E-state index is 0.0298. The van der Waals surface area contributed by atoms with Crippen molar-refractivity contribution >= 4 is 17.5 Å². The van der Waals surface area contributed by atoms with E-state index in [-0.39, 0.29) is 24.6 Å². The second-order valence-corrected chi connectivity index (χ2v) is 7.46. The second-order valence-electron chi connectivity index (χ2n) is 7.02. The van der Waals surface area contributed by atoms with Crippen LogP contribution in [0.1, 0.15) is 32.6 Å².